The molecule has 0 saturated heterocycles. The van der Waals surface area contributed by atoms with E-state index in [0.29, 0.717) is 25.8 Å². The van der Waals surface area contributed by atoms with Crippen molar-refractivity contribution in [1.82, 2.24) is 10.6 Å². The van der Waals surface area contributed by atoms with E-state index in [2.05, 4.69) is 41.8 Å². The van der Waals surface area contributed by atoms with Crippen LogP contribution in [-0.4, -0.2) is 30.5 Å². The van der Waals surface area contributed by atoms with Crippen LogP contribution in [0.3, 0.4) is 0 Å². The molecule has 2 N–H and O–H groups in total. The number of hydrogen-bond acceptors (Lipinski definition) is 3. The van der Waals surface area contributed by atoms with Gasteiger partial charge >= 0.3 is 0 Å². The highest BCUT2D eigenvalue weighted by Gasteiger charge is 2.72. The van der Waals surface area contributed by atoms with Gasteiger partial charge in [-0.25, -0.2) is 4.39 Å². The number of amides is 2. The monoisotopic (exact) mass is 444 g/mol. The van der Waals surface area contributed by atoms with Crippen LogP contribution in [0.1, 0.15) is 36.8 Å². The maximum absolute atomic E-state index is 13.4. The molecule has 2 amide bonds. The summed E-state index contributed by atoms with van der Waals surface area (Å²) in [6.07, 6.45) is 3.81. The van der Waals surface area contributed by atoms with Gasteiger partial charge in [-0.05, 0) is 56.7 Å². The highest BCUT2D eigenvalue weighted by atomic mass is 35.5. The van der Waals surface area contributed by atoms with Crippen molar-refractivity contribution in [1.29, 1.82) is 0 Å². The predicted octanol–water partition coefficient (Wildman–Crippen LogP) is 3.95. The molecule has 0 radical (unpaired) electrons. The number of hydrogen-bond donors (Lipinski definition) is 2. The average Bonchev–Trinajstić information content (AvgIpc) is 2.69. The minimum atomic E-state index is -0.592. The number of halogens is 2. The van der Waals surface area contributed by atoms with Gasteiger partial charge in [0.1, 0.15) is 11.6 Å². The van der Waals surface area contributed by atoms with E-state index < -0.39 is 5.82 Å². The fraction of sp³-hybridized carbons (Fsp3) is 0.417. The lowest BCUT2D eigenvalue weighted by atomic mass is 9.39. The molecule has 31 heavy (non-hydrogen) atoms. The summed E-state index contributed by atoms with van der Waals surface area (Å²) in [5.74, 6) is -0.537. The topological polar surface area (TPSA) is 67.4 Å². The third-order valence-corrected chi connectivity index (χ3v) is 6.53. The fourth-order valence-corrected chi connectivity index (χ4v) is 4.76. The lowest BCUT2D eigenvalue weighted by Gasteiger charge is -2.69. The third-order valence-electron chi connectivity index (χ3n) is 6.23. The molecule has 0 spiro atoms. The summed E-state index contributed by atoms with van der Waals surface area (Å²) in [7, 11) is 0. The Morgan fingerprint density at radius 1 is 1.13 bits per heavy atom. The maximum Gasteiger partial charge on any atom is 0.258 e. The van der Waals surface area contributed by atoms with Crippen LogP contribution in [0.2, 0.25) is 5.02 Å². The van der Waals surface area contributed by atoms with Crippen molar-refractivity contribution in [2.45, 2.75) is 44.6 Å². The second kappa shape index (κ2) is 8.50. The molecule has 3 aliphatic carbocycles. The maximum atomic E-state index is 13.4. The van der Waals surface area contributed by atoms with Crippen LogP contribution in [0, 0.1) is 18.2 Å². The van der Waals surface area contributed by atoms with Crippen molar-refractivity contribution in [2.24, 2.45) is 5.41 Å². The van der Waals surface area contributed by atoms with Gasteiger partial charge in [-0.15, -0.1) is 0 Å². The third kappa shape index (κ3) is 4.69. The van der Waals surface area contributed by atoms with E-state index in [-0.39, 0.29) is 40.1 Å². The van der Waals surface area contributed by atoms with Gasteiger partial charge in [0.05, 0.1) is 10.4 Å². The summed E-state index contributed by atoms with van der Waals surface area (Å²) in [6, 6.07) is 12.5. The smallest absolute Gasteiger partial charge is 0.258 e. The Hall–Kier alpha value is -2.60. The van der Waals surface area contributed by atoms with Crippen molar-refractivity contribution < 1.29 is 18.7 Å². The summed E-state index contributed by atoms with van der Waals surface area (Å²) in [4.78, 5) is 24.7. The molecule has 3 saturated carbocycles. The molecule has 5 nitrogen and oxygen atoms in total. The van der Waals surface area contributed by atoms with Gasteiger partial charge < -0.3 is 15.4 Å². The van der Waals surface area contributed by atoms with Crippen molar-refractivity contribution in [3.05, 3.63) is 64.4 Å². The Morgan fingerprint density at radius 2 is 1.84 bits per heavy atom. The van der Waals surface area contributed by atoms with Gasteiger partial charge in [-0.1, -0.05) is 41.4 Å². The molecule has 2 aromatic rings. The van der Waals surface area contributed by atoms with Crippen molar-refractivity contribution >= 4 is 23.4 Å². The van der Waals surface area contributed by atoms with Crippen LogP contribution < -0.4 is 15.4 Å². The normalized spacial score (nSPS) is 23.3. The van der Waals surface area contributed by atoms with Gasteiger partial charge in [0.2, 0.25) is 5.91 Å². The molecular formula is C24H26ClFN2O3. The number of carbonyl (C=O) groups excluding carboxylic acids is 2. The molecule has 7 heteroatoms. The van der Waals surface area contributed by atoms with E-state index in [4.69, 9.17) is 16.3 Å². The number of aryl methyl sites for hydroxylation is 2. The largest absolute Gasteiger partial charge is 0.484 e. The fourth-order valence-electron chi connectivity index (χ4n) is 4.65. The van der Waals surface area contributed by atoms with Gasteiger partial charge in [-0.3, -0.25) is 9.59 Å². The minimum absolute atomic E-state index is 0.00407. The van der Waals surface area contributed by atoms with Gasteiger partial charge in [0.15, 0.2) is 6.61 Å². The molecule has 3 fully saturated rings. The van der Waals surface area contributed by atoms with Crippen molar-refractivity contribution in [3.8, 4) is 5.75 Å². The Bertz CT molecular complexity index is 973. The predicted molar refractivity (Wildman–Crippen MR) is 117 cm³/mol. The second-order valence-corrected chi connectivity index (χ2v) is 9.26. The lowest BCUT2D eigenvalue weighted by Crippen LogP contribution is -2.78. The Labute approximate surface area is 186 Å². The quantitative estimate of drug-likeness (QED) is 0.575. The van der Waals surface area contributed by atoms with Gasteiger partial charge in [0.25, 0.3) is 5.91 Å². The first kappa shape index (κ1) is 21.6. The molecule has 0 unspecified atom stereocenters. The van der Waals surface area contributed by atoms with E-state index in [1.54, 1.807) is 0 Å². The lowest BCUT2D eigenvalue weighted by molar-refractivity contribution is -0.183. The van der Waals surface area contributed by atoms with E-state index >= 15 is 0 Å². The zero-order valence-electron chi connectivity index (χ0n) is 17.5. The molecule has 0 aliphatic heterocycles. The first-order valence-corrected chi connectivity index (χ1v) is 10.9. The number of ether oxygens (including phenoxy) is 1. The summed E-state index contributed by atoms with van der Waals surface area (Å²) < 4.78 is 18.8. The molecule has 0 aromatic heterocycles. The molecule has 2 bridgehead atoms. The molecular weight excluding hydrogens is 419 g/mol. The zero-order valence-corrected chi connectivity index (χ0v) is 18.2. The van der Waals surface area contributed by atoms with Crippen LogP contribution >= 0.6 is 11.6 Å². The number of benzene rings is 2. The Balaban J connectivity index is 1.14. The average molecular weight is 445 g/mol. The number of rotatable bonds is 9. The molecule has 2 aromatic carbocycles. The Kier molecular flexibility index (Phi) is 5.93. The second-order valence-electron chi connectivity index (χ2n) is 8.85. The standard InChI is InChI=1S/C24H26ClFN2O3/c1-16-4-6-17(7-5-16)3-2-10-27-22(30)23-13-24(14-23,15-23)28-21(29)12-31-18-8-9-19(25)20(26)11-18/h4-9,11H,2-3,10,12-15H2,1H3,(H,27,30)(H,28,29). The molecule has 0 heterocycles. The highest BCUT2D eigenvalue weighted by Crippen LogP contribution is 2.67. The van der Waals surface area contributed by atoms with Crippen molar-refractivity contribution in [3.63, 3.8) is 0 Å². The van der Waals surface area contributed by atoms with E-state index in [9.17, 15) is 14.0 Å². The summed E-state index contributed by atoms with van der Waals surface area (Å²) in [6.45, 7) is 2.51. The van der Waals surface area contributed by atoms with E-state index in [1.165, 1.54) is 23.3 Å². The van der Waals surface area contributed by atoms with E-state index in [0.717, 1.165) is 18.9 Å². The summed E-state index contributed by atoms with van der Waals surface area (Å²) in [5.41, 5.74) is 1.88. The first-order chi connectivity index (χ1) is 14.8. The number of nitrogens with one attached hydrogen (secondary N) is 2. The molecule has 0 atom stereocenters. The van der Waals surface area contributed by atoms with Gasteiger partial charge in [-0.2, -0.15) is 0 Å². The minimum Gasteiger partial charge on any atom is -0.484 e. The highest BCUT2D eigenvalue weighted by molar-refractivity contribution is 6.30. The number of carbonyl (C=O) groups is 2. The molecule has 5 rings (SSSR count). The van der Waals surface area contributed by atoms with Crippen LogP contribution in [0.4, 0.5) is 4.39 Å². The first-order valence-electron chi connectivity index (χ1n) is 10.5. The SMILES string of the molecule is Cc1ccc(CCCNC(=O)C23CC(NC(=O)COc4ccc(Cl)c(F)c4)(C2)C3)cc1. The molecule has 3 aliphatic rings. The molecule has 164 valence electrons. The van der Waals surface area contributed by atoms with Gasteiger partial charge in [0, 0.05) is 18.2 Å². The van der Waals surface area contributed by atoms with Crippen LogP contribution in [-0.2, 0) is 16.0 Å². The van der Waals surface area contributed by atoms with Crippen LogP contribution in [0.25, 0.3) is 0 Å². The van der Waals surface area contributed by atoms with Crippen LogP contribution in [0.5, 0.6) is 5.75 Å². The Morgan fingerprint density at radius 3 is 2.52 bits per heavy atom. The van der Waals surface area contributed by atoms with Crippen LogP contribution in [0.15, 0.2) is 42.5 Å². The van der Waals surface area contributed by atoms with E-state index in [1.807, 2.05) is 0 Å². The van der Waals surface area contributed by atoms with Crippen molar-refractivity contribution in [2.75, 3.05) is 13.2 Å². The summed E-state index contributed by atoms with van der Waals surface area (Å²) >= 11 is 5.63. The zero-order chi connectivity index (χ0) is 22.1. The summed E-state index contributed by atoms with van der Waals surface area (Å²) in [5, 5.41) is 6.02.